The largest absolute Gasteiger partial charge is 0.497 e. The van der Waals surface area contributed by atoms with E-state index in [1.165, 1.54) is 0 Å². The molecule has 1 saturated heterocycles. The molecule has 6 heteroatoms. The molecule has 2 fully saturated rings. The van der Waals surface area contributed by atoms with Crippen LogP contribution in [-0.4, -0.2) is 60.9 Å². The van der Waals surface area contributed by atoms with Gasteiger partial charge in [-0.3, -0.25) is 9.59 Å². The summed E-state index contributed by atoms with van der Waals surface area (Å²) in [7, 11) is 1.65. The number of carbonyl (C=O) groups excluding carboxylic acids is 2. The lowest BCUT2D eigenvalue weighted by molar-refractivity contribution is -0.137. The van der Waals surface area contributed by atoms with Crippen molar-refractivity contribution in [2.24, 2.45) is 11.7 Å². The summed E-state index contributed by atoms with van der Waals surface area (Å²) in [5.41, 5.74) is 7.19. The second kappa shape index (κ2) is 9.92. The highest BCUT2D eigenvalue weighted by Gasteiger charge is 2.30. The first kappa shape index (κ1) is 20.6. The van der Waals surface area contributed by atoms with Crippen LogP contribution in [0.5, 0.6) is 5.75 Å². The maximum atomic E-state index is 12.8. The average molecular weight is 388 g/mol. The van der Waals surface area contributed by atoms with E-state index >= 15 is 0 Å². The van der Waals surface area contributed by atoms with Gasteiger partial charge in [-0.2, -0.15) is 0 Å². The van der Waals surface area contributed by atoms with Gasteiger partial charge in [0.05, 0.1) is 7.11 Å². The number of hydrogen-bond donors (Lipinski definition) is 1. The Kier molecular flexibility index (Phi) is 7.31. The van der Waals surface area contributed by atoms with Gasteiger partial charge in [-0.15, -0.1) is 0 Å². The molecule has 1 saturated carbocycles. The summed E-state index contributed by atoms with van der Waals surface area (Å²) in [6.07, 6.45) is 5.90. The number of rotatable bonds is 5. The molecule has 1 aromatic rings. The molecule has 1 aliphatic heterocycles. The highest BCUT2D eigenvalue weighted by atomic mass is 16.5. The van der Waals surface area contributed by atoms with Gasteiger partial charge in [0, 0.05) is 44.6 Å². The standard InChI is InChI=1S/C22H33N3O3/c1-28-20-9-6-17(7-10-20)8-11-21(26)24-12-3-13-25(15-14-24)22(27)18-4-2-5-19(23)16-18/h6-7,9-10,18-19H,2-5,8,11-16,23H2,1H3. The van der Waals surface area contributed by atoms with Crippen LogP contribution in [0.1, 0.15) is 44.1 Å². The van der Waals surface area contributed by atoms with Crippen molar-refractivity contribution in [3.05, 3.63) is 29.8 Å². The van der Waals surface area contributed by atoms with Crippen molar-refractivity contribution in [1.29, 1.82) is 0 Å². The molecular weight excluding hydrogens is 354 g/mol. The topological polar surface area (TPSA) is 75.9 Å². The van der Waals surface area contributed by atoms with E-state index in [-0.39, 0.29) is 23.8 Å². The predicted molar refractivity (Wildman–Crippen MR) is 109 cm³/mol. The molecule has 0 spiro atoms. The number of methoxy groups -OCH3 is 1. The fourth-order valence-corrected chi connectivity index (χ4v) is 4.30. The van der Waals surface area contributed by atoms with Gasteiger partial charge in [-0.1, -0.05) is 18.6 Å². The van der Waals surface area contributed by atoms with E-state index < -0.39 is 0 Å². The van der Waals surface area contributed by atoms with Crippen LogP contribution in [0.15, 0.2) is 24.3 Å². The maximum Gasteiger partial charge on any atom is 0.225 e. The minimum Gasteiger partial charge on any atom is -0.497 e. The van der Waals surface area contributed by atoms with Crippen LogP contribution in [0.3, 0.4) is 0 Å². The zero-order chi connectivity index (χ0) is 19.9. The van der Waals surface area contributed by atoms with E-state index in [2.05, 4.69) is 0 Å². The molecule has 28 heavy (non-hydrogen) atoms. The Morgan fingerprint density at radius 1 is 1.04 bits per heavy atom. The van der Waals surface area contributed by atoms with Gasteiger partial charge in [-0.05, 0) is 49.8 Å². The SMILES string of the molecule is COc1ccc(CCC(=O)N2CCCN(C(=O)C3CCCC(N)C3)CC2)cc1. The van der Waals surface area contributed by atoms with E-state index in [9.17, 15) is 9.59 Å². The van der Waals surface area contributed by atoms with E-state index in [1.54, 1.807) is 7.11 Å². The van der Waals surface area contributed by atoms with Crippen molar-refractivity contribution in [1.82, 2.24) is 9.80 Å². The molecule has 1 heterocycles. The summed E-state index contributed by atoms with van der Waals surface area (Å²) in [5, 5.41) is 0. The monoisotopic (exact) mass is 387 g/mol. The van der Waals surface area contributed by atoms with Crippen LogP contribution in [0, 0.1) is 5.92 Å². The molecule has 0 aromatic heterocycles. The Balaban J connectivity index is 1.47. The minimum absolute atomic E-state index is 0.0704. The summed E-state index contributed by atoms with van der Waals surface area (Å²) in [5.74, 6) is 1.31. The van der Waals surface area contributed by atoms with Crippen LogP contribution >= 0.6 is 0 Å². The third-order valence-corrected chi connectivity index (χ3v) is 6.01. The van der Waals surface area contributed by atoms with E-state index in [0.717, 1.165) is 62.9 Å². The van der Waals surface area contributed by atoms with E-state index in [4.69, 9.17) is 10.5 Å². The summed E-state index contributed by atoms with van der Waals surface area (Å²) >= 11 is 0. The van der Waals surface area contributed by atoms with Crippen LogP contribution in [0.25, 0.3) is 0 Å². The van der Waals surface area contributed by atoms with E-state index in [1.807, 2.05) is 34.1 Å². The fraction of sp³-hybridized carbons (Fsp3) is 0.636. The predicted octanol–water partition coefficient (Wildman–Crippen LogP) is 2.21. The fourth-order valence-electron chi connectivity index (χ4n) is 4.30. The van der Waals surface area contributed by atoms with Gasteiger partial charge in [0.1, 0.15) is 5.75 Å². The first-order valence-electron chi connectivity index (χ1n) is 10.5. The number of amides is 2. The second-order valence-corrected chi connectivity index (χ2v) is 8.03. The van der Waals surface area contributed by atoms with Gasteiger partial charge >= 0.3 is 0 Å². The quantitative estimate of drug-likeness (QED) is 0.840. The first-order valence-corrected chi connectivity index (χ1v) is 10.5. The highest BCUT2D eigenvalue weighted by Crippen LogP contribution is 2.25. The highest BCUT2D eigenvalue weighted by molar-refractivity contribution is 5.79. The van der Waals surface area contributed by atoms with Gasteiger partial charge in [0.25, 0.3) is 0 Å². The molecule has 2 unspecified atom stereocenters. The van der Waals surface area contributed by atoms with Crippen molar-refractivity contribution < 1.29 is 14.3 Å². The third-order valence-electron chi connectivity index (χ3n) is 6.01. The molecule has 1 aromatic carbocycles. The molecule has 0 radical (unpaired) electrons. The molecule has 2 aliphatic rings. The van der Waals surface area contributed by atoms with Gasteiger partial charge in [0.2, 0.25) is 11.8 Å². The van der Waals surface area contributed by atoms with Crippen molar-refractivity contribution in [2.45, 2.75) is 51.0 Å². The first-order chi connectivity index (χ1) is 13.6. The lowest BCUT2D eigenvalue weighted by Gasteiger charge is -2.30. The summed E-state index contributed by atoms with van der Waals surface area (Å²) < 4.78 is 5.17. The second-order valence-electron chi connectivity index (χ2n) is 8.03. The lowest BCUT2D eigenvalue weighted by atomic mass is 9.85. The van der Waals surface area contributed by atoms with Gasteiger partial charge < -0.3 is 20.3 Å². The normalized spacial score (nSPS) is 23.2. The molecule has 3 rings (SSSR count). The molecule has 2 amide bonds. The van der Waals surface area contributed by atoms with E-state index in [0.29, 0.717) is 19.5 Å². The number of benzene rings is 1. The molecule has 2 atom stereocenters. The number of carbonyl (C=O) groups is 2. The Morgan fingerprint density at radius 3 is 2.46 bits per heavy atom. The number of aryl methyl sites for hydroxylation is 1. The Hall–Kier alpha value is -2.08. The third kappa shape index (κ3) is 5.47. The van der Waals surface area contributed by atoms with Crippen molar-refractivity contribution in [3.8, 4) is 5.75 Å². The van der Waals surface area contributed by atoms with Gasteiger partial charge in [-0.25, -0.2) is 0 Å². The Bertz CT molecular complexity index is 661. The average Bonchev–Trinajstić information content (AvgIpc) is 2.98. The van der Waals surface area contributed by atoms with Crippen LogP contribution in [0.4, 0.5) is 0 Å². The van der Waals surface area contributed by atoms with Crippen LogP contribution in [-0.2, 0) is 16.0 Å². The zero-order valence-corrected chi connectivity index (χ0v) is 16.9. The Morgan fingerprint density at radius 2 is 1.75 bits per heavy atom. The lowest BCUT2D eigenvalue weighted by Crippen LogP contribution is -2.42. The smallest absolute Gasteiger partial charge is 0.225 e. The van der Waals surface area contributed by atoms with Crippen LogP contribution in [0.2, 0.25) is 0 Å². The summed E-state index contributed by atoms with van der Waals surface area (Å²) in [4.78, 5) is 29.4. The number of nitrogens with zero attached hydrogens (tertiary/aromatic N) is 2. The molecule has 6 nitrogen and oxygen atoms in total. The zero-order valence-electron chi connectivity index (χ0n) is 16.9. The molecule has 154 valence electrons. The number of nitrogens with two attached hydrogens (primary N) is 1. The summed E-state index contributed by atoms with van der Waals surface area (Å²) in [6.45, 7) is 2.74. The maximum absolute atomic E-state index is 12.8. The number of ether oxygens (including phenoxy) is 1. The van der Waals surface area contributed by atoms with Crippen LogP contribution < -0.4 is 10.5 Å². The number of hydrogen-bond acceptors (Lipinski definition) is 4. The molecule has 1 aliphatic carbocycles. The van der Waals surface area contributed by atoms with Crippen molar-refractivity contribution >= 4 is 11.8 Å². The van der Waals surface area contributed by atoms with Gasteiger partial charge in [0.15, 0.2) is 0 Å². The minimum atomic E-state index is 0.0704. The Labute approximate surface area is 168 Å². The summed E-state index contributed by atoms with van der Waals surface area (Å²) in [6, 6.07) is 8.01. The van der Waals surface area contributed by atoms with Crippen molar-refractivity contribution in [2.75, 3.05) is 33.3 Å². The van der Waals surface area contributed by atoms with Crippen molar-refractivity contribution in [3.63, 3.8) is 0 Å². The molecular formula is C22H33N3O3. The molecule has 0 bridgehead atoms. The molecule has 2 N–H and O–H groups in total.